The number of nitrogens with two attached hydrogens (primary N) is 1. The van der Waals surface area contributed by atoms with Gasteiger partial charge in [-0.2, -0.15) is 9.78 Å². The average molecular weight is 381 g/mol. The van der Waals surface area contributed by atoms with E-state index < -0.39 is 6.09 Å². The fourth-order valence-electron chi connectivity index (χ4n) is 2.41. The minimum absolute atomic E-state index is 0.169. The van der Waals surface area contributed by atoms with Gasteiger partial charge in [-0.05, 0) is 18.6 Å². The fourth-order valence-corrected chi connectivity index (χ4v) is 2.86. The van der Waals surface area contributed by atoms with Crippen LogP contribution in [-0.2, 0) is 0 Å². The first kappa shape index (κ1) is 15.3. The molecule has 0 saturated heterocycles. The molecule has 2 aromatic rings. The van der Waals surface area contributed by atoms with Crippen molar-refractivity contribution in [3.05, 3.63) is 34.6 Å². The third-order valence-corrected chi connectivity index (χ3v) is 3.85. The standard InChI is InChI=1S/C14H13BrN4O4/c15-9-4-10(16)12-11(5-9)23-3-1-2-18(12)13(20)8-6-17-19(7-8)14(21)22/h4-7H,1-3,16H2,(H,21,22). The number of hydrogen-bond donors (Lipinski definition) is 2. The molecule has 0 radical (unpaired) electrons. The Morgan fingerprint density at radius 1 is 1.39 bits per heavy atom. The third-order valence-electron chi connectivity index (χ3n) is 3.39. The summed E-state index contributed by atoms with van der Waals surface area (Å²) in [6.07, 6.45) is 1.76. The highest BCUT2D eigenvalue weighted by Gasteiger charge is 2.27. The smallest absolute Gasteiger partial charge is 0.432 e. The summed E-state index contributed by atoms with van der Waals surface area (Å²) >= 11 is 3.35. The van der Waals surface area contributed by atoms with Crippen LogP contribution >= 0.6 is 15.9 Å². The van der Waals surface area contributed by atoms with Crippen LogP contribution in [0, 0.1) is 0 Å². The van der Waals surface area contributed by atoms with Crippen LogP contribution in [0.5, 0.6) is 5.75 Å². The van der Waals surface area contributed by atoms with Crippen LogP contribution < -0.4 is 15.4 Å². The molecule has 1 aromatic carbocycles. The third kappa shape index (κ3) is 2.87. The van der Waals surface area contributed by atoms with Crippen LogP contribution in [-0.4, -0.2) is 40.0 Å². The van der Waals surface area contributed by atoms with Gasteiger partial charge in [-0.25, -0.2) is 4.79 Å². The quantitative estimate of drug-likeness (QED) is 0.733. The number of rotatable bonds is 1. The molecule has 2 heterocycles. The van der Waals surface area contributed by atoms with Gasteiger partial charge in [0.2, 0.25) is 0 Å². The second-order valence-electron chi connectivity index (χ2n) is 4.96. The van der Waals surface area contributed by atoms with E-state index in [1.54, 1.807) is 12.1 Å². The van der Waals surface area contributed by atoms with Crippen LogP contribution in [0.2, 0.25) is 0 Å². The molecule has 1 aromatic heterocycles. The zero-order chi connectivity index (χ0) is 16.6. The molecular formula is C14H13BrN4O4. The average Bonchev–Trinajstić information content (AvgIpc) is 2.88. The maximum atomic E-state index is 12.7. The molecule has 0 aliphatic carbocycles. The Morgan fingerprint density at radius 3 is 2.87 bits per heavy atom. The number of carbonyl (C=O) groups excluding carboxylic acids is 1. The summed E-state index contributed by atoms with van der Waals surface area (Å²) in [4.78, 5) is 25.1. The van der Waals surface area contributed by atoms with Crippen molar-refractivity contribution in [2.75, 3.05) is 23.8 Å². The van der Waals surface area contributed by atoms with Crippen molar-refractivity contribution in [1.29, 1.82) is 0 Å². The van der Waals surface area contributed by atoms with Crippen LogP contribution in [0.1, 0.15) is 16.8 Å². The van der Waals surface area contributed by atoms with Crippen LogP contribution in [0.4, 0.5) is 16.2 Å². The zero-order valence-electron chi connectivity index (χ0n) is 11.9. The van der Waals surface area contributed by atoms with Gasteiger partial charge in [0.1, 0.15) is 11.4 Å². The molecular weight excluding hydrogens is 368 g/mol. The molecule has 3 rings (SSSR count). The lowest BCUT2D eigenvalue weighted by Crippen LogP contribution is -2.32. The SMILES string of the molecule is Nc1cc(Br)cc2c1N(C(=O)c1cnn(C(=O)O)c1)CCCO2. The predicted octanol–water partition coefficient (Wildman–Crippen LogP) is 2.18. The van der Waals surface area contributed by atoms with Crippen LogP contribution in [0.25, 0.3) is 0 Å². The van der Waals surface area contributed by atoms with E-state index in [4.69, 9.17) is 15.6 Å². The van der Waals surface area contributed by atoms with Gasteiger partial charge < -0.3 is 20.5 Å². The number of carboxylic acid groups (broad SMARTS) is 1. The lowest BCUT2D eigenvalue weighted by Gasteiger charge is -2.23. The first-order valence-electron chi connectivity index (χ1n) is 6.79. The monoisotopic (exact) mass is 380 g/mol. The molecule has 1 amide bonds. The number of aromatic nitrogens is 2. The largest absolute Gasteiger partial charge is 0.491 e. The number of fused-ring (bicyclic) bond motifs is 1. The molecule has 23 heavy (non-hydrogen) atoms. The van der Waals surface area contributed by atoms with Gasteiger partial charge in [-0.3, -0.25) is 4.79 Å². The van der Waals surface area contributed by atoms with E-state index in [0.29, 0.717) is 41.4 Å². The number of benzene rings is 1. The van der Waals surface area contributed by atoms with E-state index in [-0.39, 0.29) is 11.5 Å². The molecule has 1 aliphatic rings. The van der Waals surface area contributed by atoms with Crippen molar-refractivity contribution in [3.8, 4) is 5.75 Å². The van der Waals surface area contributed by atoms with Crippen molar-refractivity contribution < 1.29 is 19.4 Å². The zero-order valence-corrected chi connectivity index (χ0v) is 13.5. The van der Waals surface area contributed by atoms with Crippen molar-refractivity contribution in [2.24, 2.45) is 0 Å². The van der Waals surface area contributed by atoms with Crippen LogP contribution in [0.3, 0.4) is 0 Å². The maximum absolute atomic E-state index is 12.7. The maximum Gasteiger partial charge on any atom is 0.432 e. The van der Waals surface area contributed by atoms with E-state index in [2.05, 4.69) is 21.0 Å². The van der Waals surface area contributed by atoms with Gasteiger partial charge in [-0.1, -0.05) is 15.9 Å². The van der Waals surface area contributed by atoms with E-state index in [1.165, 1.54) is 17.3 Å². The van der Waals surface area contributed by atoms with Gasteiger partial charge in [0.25, 0.3) is 5.91 Å². The minimum Gasteiger partial charge on any atom is -0.491 e. The van der Waals surface area contributed by atoms with Gasteiger partial charge in [-0.15, -0.1) is 0 Å². The Balaban J connectivity index is 2.02. The molecule has 9 heteroatoms. The second-order valence-corrected chi connectivity index (χ2v) is 5.87. The van der Waals surface area contributed by atoms with Crippen molar-refractivity contribution >= 4 is 39.3 Å². The summed E-state index contributed by atoms with van der Waals surface area (Å²) in [6.45, 7) is 0.872. The number of nitrogen functional groups attached to an aromatic ring is 1. The van der Waals surface area contributed by atoms with Gasteiger partial charge in [0.15, 0.2) is 0 Å². The Kier molecular flexibility index (Phi) is 3.95. The highest BCUT2D eigenvalue weighted by atomic mass is 79.9. The lowest BCUT2D eigenvalue weighted by atomic mass is 10.2. The van der Waals surface area contributed by atoms with Crippen molar-refractivity contribution in [2.45, 2.75) is 6.42 Å². The Hall–Kier alpha value is -2.55. The highest BCUT2D eigenvalue weighted by Crippen LogP contribution is 2.39. The van der Waals surface area contributed by atoms with Gasteiger partial charge >= 0.3 is 6.09 Å². The number of anilines is 2. The number of hydrogen-bond acceptors (Lipinski definition) is 5. The lowest BCUT2D eigenvalue weighted by molar-refractivity contribution is 0.0987. The van der Waals surface area contributed by atoms with Crippen LogP contribution in [0.15, 0.2) is 29.0 Å². The van der Waals surface area contributed by atoms with Gasteiger partial charge in [0.05, 0.1) is 30.3 Å². The molecule has 0 atom stereocenters. The molecule has 8 nitrogen and oxygen atoms in total. The van der Waals surface area contributed by atoms with Gasteiger partial charge in [0, 0.05) is 11.0 Å². The van der Waals surface area contributed by atoms with E-state index >= 15 is 0 Å². The molecule has 0 unspecified atom stereocenters. The molecule has 0 spiro atoms. The van der Waals surface area contributed by atoms with E-state index in [9.17, 15) is 9.59 Å². The summed E-state index contributed by atoms with van der Waals surface area (Å²) < 4.78 is 7.09. The molecule has 120 valence electrons. The number of carbonyl (C=O) groups is 2. The Bertz CT molecular complexity index is 789. The molecule has 0 bridgehead atoms. The minimum atomic E-state index is -1.26. The van der Waals surface area contributed by atoms with Crippen molar-refractivity contribution in [3.63, 3.8) is 0 Å². The molecule has 3 N–H and O–H groups in total. The molecule has 0 fully saturated rings. The normalized spacial score (nSPS) is 13.9. The number of nitrogens with zero attached hydrogens (tertiary/aromatic N) is 3. The summed E-state index contributed by atoms with van der Waals surface area (Å²) in [7, 11) is 0. The van der Waals surface area contributed by atoms with E-state index in [1.807, 2.05) is 0 Å². The highest BCUT2D eigenvalue weighted by molar-refractivity contribution is 9.10. The molecule has 1 aliphatic heterocycles. The molecule has 0 saturated carbocycles. The predicted molar refractivity (Wildman–Crippen MR) is 86.0 cm³/mol. The van der Waals surface area contributed by atoms with Crippen molar-refractivity contribution in [1.82, 2.24) is 9.78 Å². The Morgan fingerprint density at radius 2 is 2.17 bits per heavy atom. The number of halogens is 1. The second kappa shape index (κ2) is 5.92. The summed E-state index contributed by atoms with van der Waals surface area (Å²) in [6, 6.07) is 3.44. The first-order chi connectivity index (χ1) is 11.0. The summed E-state index contributed by atoms with van der Waals surface area (Å²) in [5, 5.41) is 12.5. The number of amides is 1. The van der Waals surface area contributed by atoms with E-state index in [0.717, 1.165) is 4.47 Å². The summed E-state index contributed by atoms with van der Waals surface area (Å²) in [5.74, 6) is 0.131. The topological polar surface area (TPSA) is 111 Å². The summed E-state index contributed by atoms with van der Waals surface area (Å²) in [5.41, 5.74) is 7.10. The number of ether oxygens (including phenoxy) is 1. The fraction of sp³-hybridized carbons (Fsp3) is 0.214. The first-order valence-corrected chi connectivity index (χ1v) is 7.58. The Labute approximate surface area is 139 Å².